The molecule has 1 aliphatic heterocycles. The van der Waals surface area contributed by atoms with Gasteiger partial charge in [0.1, 0.15) is 6.10 Å². The smallest absolute Gasteiger partial charge is 0.357 e. The molecule has 1 N–H and O–H groups in total. The van der Waals surface area contributed by atoms with E-state index in [1.807, 2.05) is 11.8 Å². The minimum Gasteiger partial charge on any atom is -0.461 e. The third kappa shape index (κ3) is 5.15. The van der Waals surface area contributed by atoms with Crippen molar-refractivity contribution >= 4 is 68.9 Å². The first-order valence-corrected chi connectivity index (χ1v) is 13.8. The van der Waals surface area contributed by atoms with Crippen LogP contribution in [0.5, 0.6) is 0 Å². The molecule has 5 nitrogen and oxygen atoms in total. The van der Waals surface area contributed by atoms with Crippen LogP contribution in [-0.2, 0) is 15.2 Å². The topological polar surface area (TPSA) is 60.5 Å². The van der Waals surface area contributed by atoms with E-state index in [2.05, 4.69) is 46.0 Å². The number of halogens is 2. The second-order valence-corrected chi connectivity index (χ2v) is 10.9. The fourth-order valence-electron chi connectivity index (χ4n) is 4.13. The Morgan fingerprint density at radius 1 is 1.17 bits per heavy atom. The molecule has 2 aromatic heterocycles. The van der Waals surface area contributed by atoms with Crippen molar-refractivity contribution in [2.75, 3.05) is 25.1 Å². The molecule has 4 aromatic rings. The van der Waals surface area contributed by atoms with Crippen LogP contribution in [0.4, 0.5) is 5.69 Å². The van der Waals surface area contributed by atoms with Crippen LogP contribution in [0, 0.1) is 0 Å². The Hall–Kier alpha value is -2.29. The van der Waals surface area contributed by atoms with Crippen molar-refractivity contribution in [3.05, 3.63) is 86.3 Å². The molecule has 2 aromatic carbocycles. The molecule has 0 bridgehead atoms. The number of ether oxygens (including phenoxy) is 2. The molecular formula is C26H22Cl2N2O3S2. The average molecular weight is 546 g/mol. The molecule has 3 heterocycles. The van der Waals surface area contributed by atoms with E-state index in [1.165, 1.54) is 20.9 Å². The van der Waals surface area contributed by atoms with Gasteiger partial charge in [-0.15, -0.1) is 23.1 Å². The third-order valence-electron chi connectivity index (χ3n) is 5.65. The first-order chi connectivity index (χ1) is 17.0. The van der Waals surface area contributed by atoms with Gasteiger partial charge in [-0.05, 0) is 47.7 Å². The molecule has 9 heteroatoms. The molecule has 0 amide bonds. The largest absolute Gasteiger partial charge is 0.461 e. The zero-order valence-electron chi connectivity index (χ0n) is 18.8. The highest BCUT2D eigenvalue weighted by Gasteiger charge is 2.25. The Morgan fingerprint density at radius 2 is 2.03 bits per heavy atom. The number of aromatic nitrogens is 1. The molecule has 0 saturated carbocycles. The van der Waals surface area contributed by atoms with E-state index >= 15 is 0 Å². The number of carbonyl (C=O) groups excluding carboxylic acids is 1. The fraction of sp³-hybridized carbons (Fsp3) is 0.231. The lowest BCUT2D eigenvalue weighted by Gasteiger charge is -2.20. The van der Waals surface area contributed by atoms with Gasteiger partial charge in [-0.25, -0.2) is 9.78 Å². The summed E-state index contributed by atoms with van der Waals surface area (Å²) in [6.45, 7) is 2.97. The van der Waals surface area contributed by atoms with Gasteiger partial charge in [0.05, 0.1) is 28.0 Å². The highest BCUT2D eigenvalue weighted by atomic mass is 35.5. The molecular weight excluding hydrogens is 523 g/mol. The third-order valence-corrected chi connectivity index (χ3v) is 8.48. The van der Waals surface area contributed by atoms with Gasteiger partial charge in [-0.3, -0.25) is 0 Å². The Balaban J connectivity index is 1.38. The van der Waals surface area contributed by atoms with Crippen molar-refractivity contribution in [3.8, 4) is 0 Å². The van der Waals surface area contributed by atoms with E-state index in [-0.39, 0.29) is 18.4 Å². The van der Waals surface area contributed by atoms with Crippen molar-refractivity contribution in [2.24, 2.45) is 0 Å². The molecule has 1 atom stereocenters. The first-order valence-electron chi connectivity index (χ1n) is 11.2. The second-order valence-electron chi connectivity index (χ2n) is 7.89. The van der Waals surface area contributed by atoms with Crippen LogP contribution in [0.1, 0.15) is 40.2 Å². The summed E-state index contributed by atoms with van der Waals surface area (Å²) in [5.74, 6) is 0.435. The van der Waals surface area contributed by atoms with Crippen molar-refractivity contribution in [1.29, 1.82) is 0 Å². The number of fused-ring (bicyclic) bond motifs is 3. The molecule has 0 unspecified atom stereocenters. The summed E-state index contributed by atoms with van der Waals surface area (Å²) in [5, 5.41) is 7.09. The summed E-state index contributed by atoms with van der Waals surface area (Å²) in [5.41, 5.74) is 5.10. The van der Waals surface area contributed by atoms with E-state index in [0.717, 1.165) is 5.75 Å². The summed E-state index contributed by atoms with van der Waals surface area (Å²) in [6.07, 6.45) is -0.129. The van der Waals surface area contributed by atoms with Gasteiger partial charge in [-0.2, -0.15) is 0 Å². The summed E-state index contributed by atoms with van der Waals surface area (Å²) in [7, 11) is 0. The maximum absolute atomic E-state index is 12.4. The number of nitrogens with zero attached hydrogens (tertiary/aromatic N) is 1. The van der Waals surface area contributed by atoms with Gasteiger partial charge in [0.25, 0.3) is 0 Å². The highest BCUT2D eigenvalue weighted by Crippen LogP contribution is 2.43. The minimum absolute atomic E-state index is 0.129. The van der Waals surface area contributed by atoms with Crippen LogP contribution >= 0.6 is 46.3 Å². The summed E-state index contributed by atoms with van der Waals surface area (Å²) < 4.78 is 12.9. The number of rotatable bonds is 7. The Morgan fingerprint density at radius 3 is 2.89 bits per heavy atom. The lowest BCUT2D eigenvalue weighted by atomic mass is 9.99. The number of pyridine rings is 1. The molecule has 5 rings (SSSR count). The maximum Gasteiger partial charge on any atom is 0.357 e. The second kappa shape index (κ2) is 10.8. The van der Waals surface area contributed by atoms with Crippen molar-refractivity contribution in [1.82, 2.24) is 4.98 Å². The summed E-state index contributed by atoms with van der Waals surface area (Å²) in [6, 6.07) is 15.6. The SMILES string of the molecule is CCOC(=O)c1cc(NCCO[C@@H]2c3ccccc3CSc3sccc32)c2c(Cl)cc(Cl)cc2n1. The van der Waals surface area contributed by atoms with Gasteiger partial charge < -0.3 is 14.8 Å². The van der Waals surface area contributed by atoms with E-state index in [9.17, 15) is 4.79 Å². The Bertz CT molecular complexity index is 1390. The zero-order chi connectivity index (χ0) is 24.4. The number of benzene rings is 2. The number of nitrogens with one attached hydrogen (secondary N) is 1. The van der Waals surface area contributed by atoms with Crippen LogP contribution < -0.4 is 5.32 Å². The summed E-state index contributed by atoms with van der Waals surface area (Å²) >= 11 is 16.3. The average Bonchev–Trinajstić information content (AvgIpc) is 3.25. The quantitative estimate of drug-likeness (QED) is 0.191. The molecule has 0 fully saturated rings. The number of hydrogen-bond donors (Lipinski definition) is 1. The van der Waals surface area contributed by atoms with Gasteiger partial charge in [0.15, 0.2) is 5.69 Å². The molecule has 180 valence electrons. The van der Waals surface area contributed by atoms with Crippen LogP contribution in [0.15, 0.2) is 58.1 Å². The Labute approximate surface area is 221 Å². The van der Waals surface area contributed by atoms with Gasteiger partial charge in [0, 0.05) is 34.0 Å². The van der Waals surface area contributed by atoms with Crippen LogP contribution in [0.25, 0.3) is 10.9 Å². The predicted octanol–water partition coefficient (Wildman–Crippen LogP) is 7.60. The van der Waals surface area contributed by atoms with Crippen LogP contribution in [-0.4, -0.2) is 30.7 Å². The molecule has 0 radical (unpaired) electrons. The highest BCUT2D eigenvalue weighted by molar-refractivity contribution is 8.00. The number of hydrogen-bond acceptors (Lipinski definition) is 7. The van der Waals surface area contributed by atoms with E-state index < -0.39 is 5.97 Å². The van der Waals surface area contributed by atoms with Crippen molar-refractivity contribution in [2.45, 2.75) is 23.0 Å². The molecule has 1 aliphatic rings. The number of thiophene rings is 1. The maximum atomic E-state index is 12.4. The lowest BCUT2D eigenvalue weighted by Crippen LogP contribution is -2.15. The van der Waals surface area contributed by atoms with Crippen LogP contribution in [0.3, 0.4) is 0 Å². The lowest BCUT2D eigenvalue weighted by molar-refractivity contribution is 0.0520. The number of carbonyl (C=O) groups is 1. The molecule has 35 heavy (non-hydrogen) atoms. The minimum atomic E-state index is -0.498. The van der Waals surface area contributed by atoms with Gasteiger partial charge in [-0.1, -0.05) is 47.5 Å². The number of esters is 1. The zero-order valence-corrected chi connectivity index (χ0v) is 22.0. The van der Waals surface area contributed by atoms with E-state index in [0.29, 0.717) is 39.8 Å². The Kier molecular flexibility index (Phi) is 7.51. The standard InChI is InChI=1S/C26H22Cl2N2O3S2/c1-2-32-25(31)22-13-20(23-19(28)11-16(27)12-21(23)30-22)29-8-9-33-24-17-6-4-3-5-15(17)14-35-26-18(24)7-10-34-26/h3-7,10-13,24H,2,8-9,14H2,1H3,(H,29,30)/t24-/m1/s1. The normalized spacial score (nSPS) is 14.8. The van der Waals surface area contributed by atoms with Gasteiger partial charge >= 0.3 is 5.97 Å². The van der Waals surface area contributed by atoms with E-state index in [4.69, 9.17) is 32.7 Å². The molecule has 0 spiro atoms. The summed E-state index contributed by atoms with van der Waals surface area (Å²) in [4.78, 5) is 16.8. The van der Waals surface area contributed by atoms with Crippen molar-refractivity contribution in [3.63, 3.8) is 0 Å². The number of thioether (sulfide) groups is 1. The van der Waals surface area contributed by atoms with Crippen molar-refractivity contribution < 1.29 is 14.3 Å². The predicted molar refractivity (Wildman–Crippen MR) is 144 cm³/mol. The fourth-order valence-corrected chi connectivity index (χ4v) is 6.87. The van der Waals surface area contributed by atoms with Crippen LogP contribution in [0.2, 0.25) is 10.0 Å². The first kappa shape index (κ1) is 24.4. The molecule has 0 saturated heterocycles. The van der Waals surface area contributed by atoms with E-state index in [1.54, 1.807) is 36.5 Å². The number of anilines is 1. The monoisotopic (exact) mass is 544 g/mol. The van der Waals surface area contributed by atoms with Gasteiger partial charge in [0.2, 0.25) is 0 Å². The molecule has 0 aliphatic carbocycles.